The maximum Gasteiger partial charge on any atom is 0.251 e. The van der Waals surface area contributed by atoms with Crippen molar-refractivity contribution in [3.8, 4) is 11.8 Å². The second kappa shape index (κ2) is 6.50. The summed E-state index contributed by atoms with van der Waals surface area (Å²) >= 11 is 0. The molecule has 2 aromatic rings. The van der Waals surface area contributed by atoms with Crippen LogP contribution in [-0.2, 0) is 6.54 Å². The Kier molecular flexibility index (Phi) is 4.47. The summed E-state index contributed by atoms with van der Waals surface area (Å²) in [6.45, 7) is 1.71. The van der Waals surface area contributed by atoms with Crippen molar-refractivity contribution in [2.24, 2.45) is 0 Å². The van der Waals surface area contributed by atoms with E-state index >= 15 is 0 Å². The predicted molar refractivity (Wildman–Crippen MR) is 70.6 cm³/mol. The summed E-state index contributed by atoms with van der Waals surface area (Å²) in [6.07, 6.45) is 0. The van der Waals surface area contributed by atoms with Gasteiger partial charge in [0.15, 0.2) is 5.82 Å². The van der Waals surface area contributed by atoms with E-state index in [9.17, 15) is 4.79 Å². The number of rotatable bonds is 3. The molecular weight excluding hydrogens is 258 g/mol. The van der Waals surface area contributed by atoms with Crippen molar-refractivity contribution in [1.82, 2.24) is 15.5 Å². The SMILES string of the molecule is Cc1nc(CNC(=O)c2ccc(C#CCO)cc2)no1. The van der Waals surface area contributed by atoms with E-state index in [1.54, 1.807) is 31.2 Å². The van der Waals surface area contributed by atoms with Crippen LogP contribution in [0.5, 0.6) is 0 Å². The number of hydrogen-bond acceptors (Lipinski definition) is 5. The molecule has 2 rings (SSSR count). The molecule has 0 fully saturated rings. The second-order valence-electron chi connectivity index (χ2n) is 3.95. The predicted octanol–water partition coefficient (Wildman–Crippen LogP) is 0.652. The number of carbonyl (C=O) groups is 1. The zero-order valence-corrected chi connectivity index (χ0v) is 10.9. The van der Waals surface area contributed by atoms with Crippen LogP contribution in [0.3, 0.4) is 0 Å². The minimum absolute atomic E-state index is 0.188. The molecule has 6 nitrogen and oxygen atoms in total. The zero-order valence-electron chi connectivity index (χ0n) is 10.9. The van der Waals surface area contributed by atoms with Gasteiger partial charge in [0.25, 0.3) is 5.91 Å². The van der Waals surface area contributed by atoms with Gasteiger partial charge in [0.1, 0.15) is 6.61 Å². The smallest absolute Gasteiger partial charge is 0.251 e. The molecule has 0 atom stereocenters. The van der Waals surface area contributed by atoms with E-state index in [0.29, 0.717) is 17.3 Å². The van der Waals surface area contributed by atoms with Gasteiger partial charge in [-0.3, -0.25) is 4.79 Å². The lowest BCUT2D eigenvalue weighted by Crippen LogP contribution is -2.23. The van der Waals surface area contributed by atoms with E-state index in [-0.39, 0.29) is 19.1 Å². The average Bonchev–Trinajstić information content (AvgIpc) is 2.89. The number of hydrogen-bond donors (Lipinski definition) is 2. The Labute approximate surface area is 115 Å². The number of nitrogens with zero attached hydrogens (tertiary/aromatic N) is 2. The maximum atomic E-state index is 11.9. The van der Waals surface area contributed by atoms with Crippen molar-refractivity contribution in [2.75, 3.05) is 6.61 Å². The molecule has 0 aliphatic heterocycles. The molecule has 0 unspecified atom stereocenters. The largest absolute Gasteiger partial charge is 0.384 e. The van der Waals surface area contributed by atoms with Crippen LogP contribution >= 0.6 is 0 Å². The molecule has 6 heteroatoms. The van der Waals surface area contributed by atoms with Gasteiger partial charge in [-0.2, -0.15) is 4.98 Å². The lowest BCUT2D eigenvalue weighted by Gasteiger charge is -2.02. The quantitative estimate of drug-likeness (QED) is 0.800. The Bertz CT molecular complexity index is 650. The molecule has 1 heterocycles. The number of benzene rings is 1. The third kappa shape index (κ3) is 3.67. The van der Waals surface area contributed by atoms with Crippen LogP contribution in [0.2, 0.25) is 0 Å². The van der Waals surface area contributed by atoms with Gasteiger partial charge in [-0.1, -0.05) is 17.0 Å². The molecule has 0 spiro atoms. The summed E-state index contributed by atoms with van der Waals surface area (Å²) < 4.78 is 4.81. The molecule has 0 saturated carbocycles. The van der Waals surface area contributed by atoms with Crippen molar-refractivity contribution in [3.05, 3.63) is 47.1 Å². The van der Waals surface area contributed by atoms with Crippen molar-refractivity contribution in [1.29, 1.82) is 0 Å². The van der Waals surface area contributed by atoms with Gasteiger partial charge in [0.05, 0.1) is 6.54 Å². The van der Waals surface area contributed by atoms with Crippen LogP contribution in [0.15, 0.2) is 28.8 Å². The first kappa shape index (κ1) is 13.8. The van der Waals surface area contributed by atoms with Crippen LogP contribution in [0.1, 0.15) is 27.6 Å². The third-order valence-electron chi connectivity index (χ3n) is 2.44. The summed E-state index contributed by atoms with van der Waals surface area (Å²) in [4.78, 5) is 15.9. The second-order valence-corrected chi connectivity index (χ2v) is 3.95. The lowest BCUT2D eigenvalue weighted by molar-refractivity contribution is 0.0949. The number of aromatic nitrogens is 2. The maximum absolute atomic E-state index is 11.9. The molecule has 0 aliphatic rings. The summed E-state index contributed by atoms with van der Waals surface area (Å²) in [5.41, 5.74) is 1.25. The first-order valence-electron chi connectivity index (χ1n) is 5.96. The van der Waals surface area contributed by atoms with Gasteiger partial charge in [0, 0.05) is 18.1 Å². The van der Waals surface area contributed by atoms with Crippen molar-refractivity contribution in [3.63, 3.8) is 0 Å². The van der Waals surface area contributed by atoms with E-state index in [1.165, 1.54) is 0 Å². The number of aryl methyl sites for hydroxylation is 1. The number of nitrogens with one attached hydrogen (secondary N) is 1. The van der Waals surface area contributed by atoms with Crippen molar-refractivity contribution >= 4 is 5.91 Å². The molecule has 1 aromatic carbocycles. The molecule has 0 aliphatic carbocycles. The molecule has 0 bridgehead atoms. The van der Waals surface area contributed by atoms with E-state index in [0.717, 1.165) is 5.56 Å². The highest BCUT2D eigenvalue weighted by Gasteiger charge is 2.07. The van der Waals surface area contributed by atoms with Crippen molar-refractivity contribution < 1.29 is 14.4 Å². The fourth-order valence-corrected chi connectivity index (χ4v) is 1.52. The van der Waals surface area contributed by atoms with Gasteiger partial charge >= 0.3 is 0 Å². The first-order valence-corrected chi connectivity index (χ1v) is 5.96. The monoisotopic (exact) mass is 271 g/mol. The Balaban J connectivity index is 1.95. The Morgan fingerprint density at radius 1 is 1.40 bits per heavy atom. The molecule has 2 N–H and O–H groups in total. The van der Waals surface area contributed by atoms with Gasteiger partial charge in [-0.15, -0.1) is 0 Å². The minimum Gasteiger partial charge on any atom is -0.384 e. The van der Waals surface area contributed by atoms with Crippen LogP contribution in [0.25, 0.3) is 0 Å². The highest BCUT2D eigenvalue weighted by molar-refractivity contribution is 5.94. The Morgan fingerprint density at radius 2 is 2.15 bits per heavy atom. The molecule has 0 radical (unpaired) electrons. The van der Waals surface area contributed by atoms with E-state index in [4.69, 9.17) is 9.63 Å². The van der Waals surface area contributed by atoms with Gasteiger partial charge < -0.3 is 14.9 Å². The van der Waals surface area contributed by atoms with E-state index < -0.39 is 0 Å². The van der Waals surface area contributed by atoms with Crippen LogP contribution in [0, 0.1) is 18.8 Å². The Morgan fingerprint density at radius 3 is 2.75 bits per heavy atom. The zero-order chi connectivity index (χ0) is 14.4. The topological polar surface area (TPSA) is 88.2 Å². The van der Waals surface area contributed by atoms with Crippen LogP contribution in [-0.4, -0.2) is 27.8 Å². The van der Waals surface area contributed by atoms with Crippen LogP contribution < -0.4 is 5.32 Å². The van der Waals surface area contributed by atoms with E-state index in [1.807, 2.05) is 0 Å². The average molecular weight is 271 g/mol. The summed E-state index contributed by atoms with van der Waals surface area (Å²) in [6, 6.07) is 6.77. The molecular formula is C14H13N3O3. The van der Waals surface area contributed by atoms with Crippen molar-refractivity contribution in [2.45, 2.75) is 13.5 Å². The number of carbonyl (C=O) groups excluding carboxylic acids is 1. The van der Waals surface area contributed by atoms with Gasteiger partial charge in [-0.25, -0.2) is 0 Å². The lowest BCUT2D eigenvalue weighted by atomic mass is 10.1. The molecule has 20 heavy (non-hydrogen) atoms. The fourth-order valence-electron chi connectivity index (χ4n) is 1.52. The summed E-state index contributed by atoms with van der Waals surface area (Å²) in [5, 5.41) is 15.0. The summed E-state index contributed by atoms with van der Waals surface area (Å²) in [5.74, 6) is 5.96. The number of aliphatic hydroxyl groups is 1. The molecule has 102 valence electrons. The van der Waals surface area contributed by atoms with Gasteiger partial charge in [-0.05, 0) is 24.3 Å². The summed E-state index contributed by atoms with van der Waals surface area (Å²) in [7, 11) is 0. The first-order chi connectivity index (χ1) is 9.69. The number of amides is 1. The third-order valence-corrected chi connectivity index (χ3v) is 2.44. The number of aliphatic hydroxyl groups excluding tert-OH is 1. The molecule has 1 aromatic heterocycles. The Hall–Kier alpha value is -2.65. The van der Waals surface area contributed by atoms with E-state index in [2.05, 4.69) is 27.3 Å². The fraction of sp³-hybridized carbons (Fsp3) is 0.214. The molecule has 1 amide bonds. The highest BCUT2D eigenvalue weighted by Crippen LogP contribution is 2.04. The standard InChI is InChI=1S/C14H13N3O3/c1-10-16-13(17-20-10)9-15-14(19)12-6-4-11(5-7-12)3-2-8-18/h4-7,18H,8-9H2,1H3,(H,15,19). The normalized spacial score (nSPS) is 9.70. The molecule has 0 saturated heterocycles. The highest BCUT2D eigenvalue weighted by atomic mass is 16.5. The minimum atomic E-state index is -0.228. The van der Waals surface area contributed by atoms with Gasteiger partial charge in [0.2, 0.25) is 5.89 Å². The van der Waals surface area contributed by atoms with Crippen LogP contribution in [0.4, 0.5) is 0 Å².